The Kier molecular flexibility index (Phi) is 4.63. The Morgan fingerprint density at radius 3 is 2.65 bits per heavy atom. The van der Waals surface area contributed by atoms with Crippen molar-refractivity contribution in [3.63, 3.8) is 0 Å². The summed E-state index contributed by atoms with van der Waals surface area (Å²) >= 11 is 5.91. The van der Waals surface area contributed by atoms with Crippen molar-refractivity contribution in [1.82, 2.24) is 15.1 Å². The molecular weight excluding hydrogens is 278 g/mol. The van der Waals surface area contributed by atoms with Gasteiger partial charge in [-0.15, -0.1) is 0 Å². The summed E-state index contributed by atoms with van der Waals surface area (Å²) in [7, 11) is 3.32. The lowest BCUT2D eigenvalue weighted by Crippen LogP contribution is -2.27. The lowest BCUT2D eigenvalue weighted by atomic mass is 10.1. The quantitative estimate of drug-likeness (QED) is 0.918. The second kappa shape index (κ2) is 6.43. The van der Waals surface area contributed by atoms with Crippen molar-refractivity contribution in [2.75, 3.05) is 13.7 Å². The Hall–Kier alpha value is -2.01. The van der Waals surface area contributed by atoms with Crippen LogP contribution in [-0.2, 0) is 13.5 Å². The predicted molar refractivity (Wildman–Crippen MR) is 77.2 cm³/mol. The van der Waals surface area contributed by atoms with Crippen LogP contribution in [-0.4, -0.2) is 29.3 Å². The molecule has 1 aromatic heterocycles. The molecule has 0 atom stereocenters. The van der Waals surface area contributed by atoms with Gasteiger partial charge in [0.05, 0.1) is 18.3 Å². The molecule has 0 saturated carbocycles. The van der Waals surface area contributed by atoms with E-state index in [0.717, 1.165) is 17.7 Å². The highest BCUT2D eigenvalue weighted by atomic mass is 35.5. The summed E-state index contributed by atoms with van der Waals surface area (Å²) in [5.41, 5.74) is 1.50. The van der Waals surface area contributed by atoms with Crippen LogP contribution in [0.4, 0.5) is 0 Å². The summed E-state index contributed by atoms with van der Waals surface area (Å²) in [6, 6.07) is 7.74. The van der Waals surface area contributed by atoms with Crippen molar-refractivity contribution < 1.29 is 9.53 Å². The van der Waals surface area contributed by atoms with Gasteiger partial charge in [0.15, 0.2) is 0 Å². The van der Waals surface area contributed by atoms with Crippen molar-refractivity contribution in [1.29, 1.82) is 0 Å². The zero-order chi connectivity index (χ0) is 14.5. The molecule has 0 aliphatic heterocycles. The van der Waals surface area contributed by atoms with Crippen molar-refractivity contribution in [2.24, 2.45) is 7.05 Å². The molecule has 0 unspecified atom stereocenters. The van der Waals surface area contributed by atoms with E-state index in [4.69, 9.17) is 16.3 Å². The minimum Gasteiger partial charge on any atom is -0.497 e. The van der Waals surface area contributed by atoms with E-state index in [2.05, 4.69) is 10.4 Å². The third-order valence-corrected chi connectivity index (χ3v) is 3.24. The monoisotopic (exact) mass is 293 g/mol. The first kappa shape index (κ1) is 14.4. The summed E-state index contributed by atoms with van der Waals surface area (Å²) in [4.78, 5) is 12.0. The molecular formula is C14H16ClN3O2. The van der Waals surface area contributed by atoms with Gasteiger partial charge in [-0.05, 0) is 24.1 Å². The van der Waals surface area contributed by atoms with Crippen molar-refractivity contribution in [3.8, 4) is 5.75 Å². The Balaban J connectivity index is 1.88. The van der Waals surface area contributed by atoms with E-state index in [0.29, 0.717) is 17.3 Å². The van der Waals surface area contributed by atoms with Crippen molar-refractivity contribution in [3.05, 3.63) is 46.7 Å². The molecule has 106 valence electrons. The molecule has 0 radical (unpaired) electrons. The summed E-state index contributed by atoms with van der Waals surface area (Å²) < 4.78 is 6.56. The highest BCUT2D eigenvalue weighted by molar-refractivity contribution is 6.33. The van der Waals surface area contributed by atoms with Gasteiger partial charge >= 0.3 is 0 Å². The molecule has 1 heterocycles. The minimum atomic E-state index is -0.219. The molecule has 1 amide bonds. The van der Waals surface area contributed by atoms with Gasteiger partial charge in [-0.3, -0.25) is 9.48 Å². The van der Waals surface area contributed by atoms with E-state index in [9.17, 15) is 4.79 Å². The van der Waals surface area contributed by atoms with E-state index >= 15 is 0 Å². The van der Waals surface area contributed by atoms with Gasteiger partial charge in [0, 0.05) is 13.6 Å². The maximum Gasteiger partial charge on any atom is 0.271 e. The highest BCUT2D eigenvalue weighted by Gasteiger charge is 2.14. The topological polar surface area (TPSA) is 56.1 Å². The van der Waals surface area contributed by atoms with E-state index < -0.39 is 0 Å². The molecule has 0 saturated heterocycles. The fraction of sp³-hybridized carbons (Fsp3) is 0.286. The number of nitrogens with zero attached hydrogens (tertiary/aromatic N) is 2. The molecule has 0 aliphatic rings. The standard InChI is InChI=1S/C14H16ClN3O2/c1-18-13(12(15)9-17-18)14(19)16-8-7-10-3-5-11(20-2)6-4-10/h3-6,9H,7-8H2,1-2H3,(H,16,19). The van der Waals surface area contributed by atoms with Gasteiger partial charge < -0.3 is 10.1 Å². The molecule has 0 spiro atoms. The number of carbonyl (C=O) groups is 1. The Morgan fingerprint density at radius 1 is 1.40 bits per heavy atom. The number of carbonyl (C=O) groups excluding carboxylic acids is 1. The van der Waals surface area contributed by atoms with Crippen LogP contribution in [0.15, 0.2) is 30.5 Å². The summed E-state index contributed by atoms with van der Waals surface area (Å²) in [5, 5.41) is 7.12. The molecule has 5 nitrogen and oxygen atoms in total. The number of methoxy groups -OCH3 is 1. The van der Waals surface area contributed by atoms with E-state index in [-0.39, 0.29) is 5.91 Å². The molecule has 0 bridgehead atoms. The van der Waals surface area contributed by atoms with Gasteiger partial charge in [-0.25, -0.2) is 0 Å². The van der Waals surface area contributed by atoms with E-state index in [1.165, 1.54) is 10.9 Å². The molecule has 1 N–H and O–H groups in total. The minimum absolute atomic E-state index is 0.219. The van der Waals surface area contributed by atoms with Gasteiger partial charge in [-0.2, -0.15) is 5.10 Å². The molecule has 20 heavy (non-hydrogen) atoms. The fourth-order valence-corrected chi connectivity index (χ4v) is 2.11. The average molecular weight is 294 g/mol. The molecule has 2 aromatic rings. The first-order valence-electron chi connectivity index (χ1n) is 6.20. The van der Waals surface area contributed by atoms with Crippen LogP contribution in [0.3, 0.4) is 0 Å². The number of hydrogen-bond acceptors (Lipinski definition) is 3. The molecule has 0 aliphatic carbocycles. The Labute approximate surface area is 122 Å². The number of benzene rings is 1. The third-order valence-electron chi connectivity index (χ3n) is 2.97. The first-order valence-corrected chi connectivity index (χ1v) is 6.58. The van der Waals surface area contributed by atoms with Crippen LogP contribution < -0.4 is 10.1 Å². The van der Waals surface area contributed by atoms with Crippen LogP contribution >= 0.6 is 11.6 Å². The van der Waals surface area contributed by atoms with Gasteiger partial charge in [0.25, 0.3) is 5.91 Å². The number of amides is 1. The zero-order valence-corrected chi connectivity index (χ0v) is 12.1. The summed E-state index contributed by atoms with van der Waals surface area (Å²) in [6.45, 7) is 0.534. The molecule has 1 aromatic carbocycles. The third kappa shape index (κ3) is 3.30. The number of aromatic nitrogens is 2. The number of aryl methyl sites for hydroxylation is 1. The number of hydrogen-bond donors (Lipinski definition) is 1. The molecule has 6 heteroatoms. The fourth-order valence-electron chi connectivity index (χ4n) is 1.86. The van der Waals surface area contributed by atoms with Crippen molar-refractivity contribution in [2.45, 2.75) is 6.42 Å². The number of nitrogens with one attached hydrogen (secondary N) is 1. The van der Waals surface area contributed by atoms with Crippen LogP contribution in [0.2, 0.25) is 5.02 Å². The molecule has 2 rings (SSSR count). The number of halogens is 1. The predicted octanol–water partition coefficient (Wildman–Crippen LogP) is 2.05. The first-order chi connectivity index (χ1) is 9.61. The SMILES string of the molecule is COc1ccc(CCNC(=O)c2c(Cl)cnn2C)cc1. The largest absolute Gasteiger partial charge is 0.497 e. The van der Waals surface area contributed by atoms with Crippen LogP contribution in [0.1, 0.15) is 16.1 Å². The van der Waals surface area contributed by atoms with Crippen LogP contribution in [0, 0.1) is 0 Å². The lowest BCUT2D eigenvalue weighted by molar-refractivity contribution is 0.0945. The Bertz CT molecular complexity index is 573. The number of rotatable bonds is 5. The second-order valence-corrected chi connectivity index (χ2v) is 4.73. The van der Waals surface area contributed by atoms with Crippen LogP contribution in [0.25, 0.3) is 0 Å². The van der Waals surface area contributed by atoms with Gasteiger partial charge in [0.1, 0.15) is 11.4 Å². The Morgan fingerprint density at radius 2 is 2.10 bits per heavy atom. The average Bonchev–Trinajstić information content (AvgIpc) is 2.79. The smallest absolute Gasteiger partial charge is 0.271 e. The highest BCUT2D eigenvalue weighted by Crippen LogP contribution is 2.14. The number of ether oxygens (including phenoxy) is 1. The van der Waals surface area contributed by atoms with Crippen LogP contribution in [0.5, 0.6) is 5.75 Å². The van der Waals surface area contributed by atoms with E-state index in [1.807, 2.05) is 24.3 Å². The maximum absolute atomic E-state index is 12.0. The zero-order valence-electron chi connectivity index (χ0n) is 11.4. The lowest BCUT2D eigenvalue weighted by Gasteiger charge is -2.07. The summed E-state index contributed by atoms with van der Waals surface area (Å²) in [5.74, 6) is 0.600. The van der Waals surface area contributed by atoms with Crippen molar-refractivity contribution >= 4 is 17.5 Å². The van der Waals surface area contributed by atoms with Gasteiger partial charge in [-0.1, -0.05) is 23.7 Å². The molecule has 0 fully saturated rings. The maximum atomic E-state index is 12.0. The normalized spacial score (nSPS) is 10.3. The van der Waals surface area contributed by atoms with E-state index in [1.54, 1.807) is 14.2 Å². The van der Waals surface area contributed by atoms with Gasteiger partial charge in [0.2, 0.25) is 0 Å². The summed E-state index contributed by atoms with van der Waals surface area (Å²) in [6.07, 6.45) is 2.20. The second-order valence-electron chi connectivity index (χ2n) is 4.32.